The van der Waals surface area contributed by atoms with Gasteiger partial charge in [-0.25, -0.2) is 14.2 Å². The smallest absolute Gasteiger partial charge is 0.416 e. The van der Waals surface area contributed by atoms with Gasteiger partial charge in [-0.05, 0) is 18.2 Å². The van der Waals surface area contributed by atoms with Gasteiger partial charge in [-0.1, -0.05) is 0 Å². The number of halogens is 1. The molecule has 0 saturated carbocycles. The summed E-state index contributed by atoms with van der Waals surface area (Å²) < 4.78 is 21.0. The second-order valence-corrected chi connectivity index (χ2v) is 5.18. The molecule has 8 heteroatoms. The lowest BCUT2D eigenvalue weighted by molar-refractivity contribution is -0.134. The minimum Gasteiger partial charge on any atom is -0.423 e. The number of ether oxygens (including phenoxy) is 1. The molecule has 0 spiro atoms. The lowest BCUT2D eigenvalue weighted by Gasteiger charge is -2.20. The van der Waals surface area contributed by atoms with E-state index in [4.69, 9.17) is 4.74 Å². The molecule has 0 N–H and O–H groups in total. The monoisotopic (exact) mass is 318 g/mol. The first-order chi connectivity index (χ1) is 11.0. The van der Waals surface area contributed by atoms with Gasteiger partial charge in [0, 0.05) is 26.4 Å². The highest BCUT2D eigenvalue weighted by Gasteiger charge is 2.36. The van der Waals surface area contributed by atoms with E-state index in [9.17, 15) is 14.0 Å². The van der Waals surface area contributed by atoms with Crippen LogP contribution in [0.25, 0.3) is 5.69 Å². The maximum atomic E-state index is 14.3. The normalized spacial score (nSPS) is 17.3. The molecule has 0 aliphatic carbocycles. The SMILES string of the molecule is CC(=O)N(C)C1CN(c2ccc(-n3ccnc3)c(F)c2)C(=O)O1. The highest BCUT2D eigenvalue weighted by atomic mass is 19.1. The van der Waals surface area contributed by atoms with Crippen molar-refractivity contribution in [1.29, 1.82) is 0 Å². The predicted molar refractivity (Wildman–Crippen MR) is 79.6 cm³/mol. The van der Waals surface area contributed by atoms with Gasteiger partial charge in [0.1, 0.15) is 5.82 Å². The number of anilines is 1. The number of carbonyl (C=O) groups excluding carboxylic acids is 2. The number of likely N-dealkylation sites (N-methyl/N-ethyl adjacent to an activating group) is 1. The van der Waals surface area contributed by atoms with Crippen molar-refractivity contribution in [2.45, 2.75) is 13.2 Å². The van der Waals surface area contributed by atoms with E-state index in [1.165, 1.54) is 33.7 Å². The van der Waals surface area contributed by atoms with Gasteiger partial charge in [0.25, 0.3) is 0 Å². The van der Waals surface area contributed by atoms with Crippen LogP contribution in [-0.2, 0) is 9.53 Å². The first kappa shape index (κ1) is 15.0. The fourth-order valence-electron chi connectivity index (χ4n) is 2.34. The molecule has 1 aromatic carbocycles. The van der Waals surface area contributed by atoms with Crippen LogP contribution in [0.1, 0.15) is 6.92 Å². The van der Waals surface area contributed by atoms with Crippen LogP contribution in [0.5, 0.6) is 0 Å². The lowest BCUT2D eigenvalue weighted by Crippen LogP contribution is -2.38. The number of carbonyl (C=O) groups is 2. The molecule has 2 amide bonds. The third kappa shape index (κ3) is 2.75. The summed E-state index contributed by atoms with van der Waals surface area (Å²) in [5.74, 6) is -0.706. The molecule has 1 aliphatic rings. The zero-order valence-corrected chi connectivity index (χ0v) is 12.6. The number of nitrogens with zero attached hydrogens (tertiary/aromatic N) is 4. The third-order valence-corrected chi connectivity index (χ3v) is 3.75. The van der Waals surface area contributed by atoms with Gasteiger partial charge in [-0.15, -0.1) is 0 Å². The van der Waals surface area contributed by atoms with Crippen molar-refractivity contribution in [3.05, 3.63) is 42.7 Å². The molecular formula is C15H15FN4O3. The first-order valence-corrected chi connectivity index (χ1v) is 6.97. The summed E-state index contributed by atoms with van der Waals surface area (Å²) in [5, 5.41) is 0. The van der Waals surface area contributed by atoms with Crippen molar-refractivity contribution in [3.8, 4) is 5.69 Å². The third-order valence-electron chi connectivity index (χ3n) is 3.75. The van der Waals surface area contributed by atoms with E-state index in [1.54, 1.807) is 31.6 Å². The zero-order valence-electron chi connectivity index (χ0n) is 12.6. The van der Waals surface area contributed by atoms with Crippen molar-refractivity contribution >= 4 is 17.7 Å². The van der Waals surface area contributed by atoms with Crippen LogP contribution in [0.2, 0.25) is 0 Å². The Hall–Kier alpha value is -2.90. The summed E-state index contributed by atoms with van der Waals surface area (Å²) in [6.07, 6.45) is 3.36. The highest BCUT2D eigenvalue weighted by Crippen LogP contribution is 2.26. The Balaban J connectivity index is 1.84. The van der Waals surface area contributed by atoms with E-state index in [-0.39, 0.29) is 12.5 Å². The molecule has 120 valence electrons. The molecule has 1 unspecified atom stereocenters. The Morgan fingerprint density at radius 3 is 2.87 bits per heavy atom. The lowest BCUT2D eigenvalue weighted by atomic mass is 10.2. The molecule has 23 heavy (non-hydrogen) atoms. The van der Waals surface area contributed by atoms with Gasteiger partial charge in [0.05, 0.1) is 24.2 Å². The molecule has 2 heterocycles. The van der Waals surface area contributed by atoms with E-state index in [1.807, 2.05) is 0 Å². The molecule has 1 aliphatic heterocycles. The number of imidazole rings is 1. The second-order valence-electron chi connectivity index (χ2n) is 5.18. The standard InChI is InChI=1S/C15H15FN4O3/c1-10(21)18(2)14-8-20(15(22)23-14)11-3-4-13(12(16)7-11)19-6-5-17-9-19/h3-7,9,14H,8H2,1-2H3. The summed E-state index contributed by atoms with van der Waals surface area (Å²) in [7, 11) is 1.55. The van der Waals surface area contributed by atoms with E-state index in [0.717, 1.165) is 0 Å². The van der Waals surface area contributed by atoms with Gasteiger partial charge >= 0.3 is 6.09 Å². The number of rotatable bonds is 3. The summed E-state index contributed by atoms with van der Waals surface area (Å²) in [4.78, 5) is 29.8. The number of hydrogen-bond acceptors (Lipinski definition) is 4. The summed E-state index contributed by atoms with van der Waals surface area (Å²) in [6, 6.07) is 4.43. The van der Waals surface area contributed by atoms with Crippen LogP contribution < -0.4 is 4.90 Å². The molecule has 7 nitrogen and oxygen atoms in total. The van der Waals surface area contributed by atoms with Crippen molar-refractivity contribution in [1.82, 2.24) is 14.5 Å². The van der Waals surface area contributed by atoms with E-state index >= 15 is 0 Å². The molecule has 0 radical (unpaired) electrons. The van der Waals surface area contributed by atoms with Gasteiger partial charge in [0.2, 0.25) is 5.91 Å². The Bertz CT molecular complexity index is 747. The summed E-state index contributed by atoms with van der Waals surface area (Å²) >= 11 is 0. The van der Waals surface area contributed by atoms with Crippen LogP contribution in [0, 0.1) is 5.82 Å². The predicted octanol–water partition coefficient (Wildman–Crippen LogP) is 1.77. The van der Waals surface area contributed by atoms with Crippen LogP contribution >= 0.6 is 0 Å². The highest BCUT2D eigenvalue weighted by molar-refractivity contribution is 5.90. The quantitative estimate of drug-likeness (QED) is 0.865. The summed E-state index contributed by atoms with van der Waals surface area (Å²) in [6.45, 7) is 1.54. The second kappa shape index (κ2) is 5.71. The summed E-state index contributed by atoms with van der Waals surface area (Å²) in [5.41, 5.74) is 0.701. The van der Waals surface area contributed by atoms with Crippen LogP contribution in [0.3, 0.4) is 0 Å². The van der Waals surface area contributed by atoms with Crippen molar-refractivity contribution in [2.75, 3.05) is 18.5 Å². The maximum Gasteiger partial charge on any atom is 0.416 e. The maximum absolute atomic E-state index is 14.3. The van der Waals surface area contributed by atoms with E-state index < -0.39 is 18.1 Å². The zero-order chi connectivity index (χ0) is 16.6. The Morgan fingerprint density at radius 1 is 1.48 bits per heavy atom. The number of aromatic nitrogens is 2. The van der Waals surface area contributed by atoms with Gasteiger partial charge < -0.3 is 14.2 Å². The first-order valence-electron chi connectivity index (χ1n) is 6.97. The molecule has 0 bridgehead atoms. The number of hydrogen-bond donors (Lipinski definition) is 0. The van der Waals surface area contributed by atoms with Crippen LogP contribution in [0.15, 0.2) is 36.9 Å². The van der Waals surface area contributed by atoms with Crippen LogP contribution in [-0.4, -0.2) is 46.3 Å². The number of cyclic esters (lactones) is 1. The van der Waals surface area contributed by atoms with Crippen molar-refractivity contribution in [3.63, 3.8) is 0 Å². The largest absolute Gasteiger partial charge is 0.423 e. The van der Waals surface area contributed by atoms with Crippen LogP contribution in [0.4, 0.5) is 14.9 Å². The number of amides is 2. The molecule has 1 fully saturated rings. The average molecular weight is 318 g/mol. The number of benzene rings is 1. The molecule has 1 atom stereocenters. The van der Waals surface area contributed by atoms with E-state index in [0.29, 0.717) is 11.4 Å². The molecule has 2 aromatic rings. The Morgan fingerprint density at radius 2 is 2.26 bits per heavy atom. The fourth-order valence-corrected chi connectivity index (χ4v) is 2.34. The molecule has 3 rings (SSSR count). The Labute approximate surface area is 131 Å². The molecular weight excluding hydrogens is 303 g/mol. The van der Waals surface area contributed by atoms with Crippen molar-refractivity contribution in [2.24, 2.45) is 0 Å². The fraction of sp³-hybridized carbons (Fsp3) is 0.267. The Kier molecular flexibility index (Phi) is 3.73. The average Bonchev–Trinajstić information content (AvgIpc) is 3.15. The minimum absolute atomic E-state index is 0.152. The topological polar surface area (TPSA) is 67.7 Å². The van der Waals surface area contributed by atoms with Crippen molar-refractivity contribution < 1.29 is 18.7 Å². The van der Waals surface area contributed by atoms with Gasteiger partial charge in [-0.2, -0.15) is 0 Å². The molecule has 1 saturated heterocycles. The van der Waals surface area contributed by atoms with Gasteiger partial charge in [0.15, 0.2) is 6.23 Å². The molecule has 1 aromatic heterocycles. The van der Waals surface area contributed by atoms with Gasteiger partial charge in [-0.3, -0.25) is 9.69 Å². The van der Waals surface area contributed by atoms with E-state index in [2.05, 4.69) is 4.98 Å². The minimum atomic E-state index is -0.684.